The highest BCUT2D eigenvalue weighted by molar-refractivity contribution is 6.30. The fourth-order valence-corrected chi connectivity index (χ4v) is 2.98. The lowest BCUT2D eigenvalue weighted by Gasteiger charge is -2.17. The fraction of sp³-hybridized carbons (Fsp3) is 0.238. The number of halogens is 1. The molecule has 1 aliphatic heterocycles. The number of nitrogens with zero attached hydrogens (tertiary/aromatic N) is 1. The number of anilines is 1. The molecule has 3 rings (SSSR count). The van der Waals surface area contributed by atoms with E-state index in [1.54, 1.807) is 24.3 Å². The molecule has 0 aliphatic carbocycles. The molecule has 1 fully saturated rings. The molecular formula is C21H20ClN3O5. The van der Waals surface area contributed by atoms with Crippen LogP contribution in [0.1, 0.15) is 22.3 Å². The largest absolute Gasteiger partial charge is 0.455 e. The van der Waals surface area contributed by atoms with Crippen molar-refractivity contribution in [3.05, 3.63) is 64.7 Å². The van der Waals surface area contributed by atoms with Gasteiger partial charge in [-0.25, -0.2) is 0 Å². The minimum absolute atomic E-state index is 0.0312. The molecule has 2 N–H and O–H groups in total. The summed E-state index contributed by atoms with van der Waals surface area (Å²) in [7, 11) is 0. The van der Waals surface area contributed by atoms with Crippen LogP contribution in [0.4, 0.5) is 5.69 Å². The van der Waals surface area contributed by atoms with E-state index in [4.69, 9.17) is 16.3 Å². The lowest BCUT2D eigenvalue weighted by Crippen LogP contribution is -2.43. The molecule has 9 heteroatoms. The zero-order chi connectivity index (χ0) is 21.7. The first kappa shape index (κ1) is 21.3. The van der Waals surface area contributed by atoms with Gasteiger partial charge in [0.2, 0.25) is 5.91 Å². The highest BCUT2D eigenvalue weighted by Crippen LogP contribution is 2.18. The summed E-state index contributed by atoms with van der Waals surface area (Å²) in [6, 6.07) is 13.3. The average molecular weight is 430 g/mol. The van der Waals surface area contributed by atoms with Gasteiger partial charge in [0.1, 0.15) is 0 Å². The van der Waals surface area contributed by atoms with Crippen molar-refractivity contribution in [1.29, 1.82) is 0 Å². The van der Waals surface area contributed by atoms with E-state index < -0.39 is 36.2 Å². The van der Waals surface area contributed by atoms with Gasteiger partial charge in [-0.1, -0.05) is 29.3 Å². The average Bonchev–Trinajstić information content (AvgIpc) is 3.09. The van der Waals surface area contributed by atoms with Gasteiger partial charge < -0.3 is 10.1 Å². The van der Waals surface area contributed by atoms with E-state index >= 15 is 0 Å². The van der Waals surface area contributed by atoms with Gasteiger partial charge in [0.25, 0.3) is 11.8 Å². The van der Waals surface area contributed by atoms with E-state index in [2.05, 4.69) is 10.7 Å². The number of hydrogen-bond acceptors (Lipinski definition) is 5. The van der Waals surface area contributed by atoms with Crippen LogP contribution >= 0.6 is 11.6 Å². The molecule has 30 heavy (non-hydrogen) atoms. The summed E-state index contributed by atoms with van der Waals surface area (Å²) in [5.74, 6) is -2.83. The van der Waals surface area contributed by atoms with Gasteiger partial charge >= 0.3 is 5.97 Å². The van der Waals surface area contributed by atoms with Crippen LogP contribution in [0.2, 0.25) is 5.02 Å². The molecule has 2 aromatic carbocycles. The van der Waals surface area contributed by atoms with Gasteiger partial charge in [-0.3, -0.25) is 29.6 Å². The zero-order valence-corrected chi connectivity index (χ0v) is 16.9. The highest BCUT2D eigenvalue weighted by atomic mass is 35.5. The normalized spacial score (nSPS) is 15.6. The van der Waals surface area contributed by atoms with Crippen molar-refractivity contribution in [3.8, 4) is 0 Å². The van der Waals surface area contributed by atoms with Crippen molar-refractivity contribution in [2.24, 2.45) is 5.92 Å². The number of carbonyl (C=O) groups excluding carboxylic acids is 4. The standard InChI is InChI=1S/C21H20ClN3O5/c1-13-2-8-17(9-3-13)23-18(26)12-30-21(29)15-10-19(27)25(11-15)24-20(28)14-4-6-16(22)7-5-14/h2-9,15H,10-12H2,1H3,(H,23,26)(H,24,28)/t15-/m1/s1. The maximum Gasteiger partial charge on any atom is 0.311 e. The van der Waals surface area contributed by atoms with E-state index in [0.717, 1.165) is 10.6 Å². The molecular weight excluding hydrogens is 410 g/mol. The van der Waals surface area contributed by atoms with E-state index in [0.29, 0.717) is 16.3 Å². The summed E-state index contributed by atoms with van der Waals surface area (Å²) in [4.78, 5) is 48.5. The minimum Gasteiger partial charge on any atom is -0.455 e. The van der Waals surface area contributed by atoms with E-state index in [9.17, 15) is 19.2 Å². The summed E-state index contributed by atoms with van der Waals surface area (Å²) in [6.45, 7) is 1.43. The van der Waals surface area contributed by atoms with Crippen LogP contribution in [-0.2, 0) is 19.1 Å². The molecule has 0 radical (unpaired) electrons. The SMILES string of the molecule is Cc1ccc(NC(=O)COC(=O)[C@@H]2CC(=O)N(NC(=O)c3ccc(Cl)cc3)C2)cc1. The predicted molar refractivity (Wildman–Crippen MR) is 110 cm³/mol. The fourth-order valence-electron chi connectivity index (χ4n) is 2.85. The van der Waals surface area contributed by atoms with Crippen molar-refractivity contribution >= 4 is 41.0 Å². The Kier molecular flexibility index (Phi) is 6.68. The third-order valence-corrected chi connectivity index (χ3v) is 4.73. The van der Waals surface area contributed by atoms with Crippen molar-refractivity contribution < 1.29 is 23.9 Å². The zero-order valence-electron chi connectivity index (χ0n) is 16.2. The van der Waals surface area contributed by atoms with Crippen LogP contribution in [0.5, 0.6) is 0 Å². The number of ether oxygens (including phenoxy) is 1. The number of rotatable bonds is 6. The topological polar surface area (TPSA) is 105 Å². The molecule has 0 spiro atoms. The number of amides is 3. The summed E-state index contributed by atoms with van der Waals surface area (Å²) in [5, 5.41) is 4.18. The predicted octanol–water partition coefficient (Wildman–Crippen LogP) is 2.32. The van der Waals surface area contributed by atoms with Gasteiger partial charge in [0, 0.05) is 22.7 Å². The summed E-state index contributed by atoms with van der Waals surface area (Å²) < 4.78 is 5.03. The molecule has 1 atom stereocenters. The molecule has 0 aromatic heterocycles. The molecule has 2 aromatic rings. The van der Waals surface area contributed by atoms with Crippen LogP contribution in [0.15, 0.2) is 48.5 Å². The van der Waals surface area contributed by atoms with Crippen molar-refractivity contribution in [3.63, 3.8) is 0 Å². The molecule has 0 saturated carbocycles. The van der Waals surface area contributed by atoms with Gasteiger partial charge in [-0.15, -0.1) is 0 Å². The van der Waals surface area contributed by atoms with Gasteiger partial charge in [0.15, 0.2) is 6.61 Å². The van der Waals surface area contributed by atoms with Crippen molar-refractivity contribution in [2.75, 3.05) is 18.5 Å². The Bertz CT molecular complexity index is 960. The highest BCUT2D eigenvalue weighted by Gasteiger charge is 2.36. The Morgan fingerprint density at radius 2 is 1.77 bits per heavy atom. The first-order chi connectivity index (χ1) is 14.3. The summed E-state index contributed by atoms with van der Waals surface area (Å²) in [6.07, 6.45) is -0.112. The number of esters is 1. The third-order valence-electron chi connectivity index (χ3n) is 4.48. The lowest BCUT2D eigenvalue weighted by atomic mass is 10.1. The van der Waals surface area contributed by atoms with Gasteiger partial charge in [-0.05, 0) is 43.3 Å². The number of nitrogens with one attached hydrogen (secondary N) is 2. The second kappa shape index (κ2) is 9.41. The Hall–Kier alpha value is -3.39. The van der Waals surface area contributed by atoms with Crippen molar-refractivity contribution in [2.45, 2.75) is 13.3 Å². The first-order valence-electron chi connectivity index (χ1n) is 9.22. The van der Waals surface area contributed by atoms with E-state index in [-0.39, 0.29) is 13.0 Å². The quantitative estimate of drug-likeness (QED) is 0.686. The van der Waals surface area contributed by atoms with E-state index in [1.165, 1.54) is 12.1 Å². The molecule has 0 unspecified atom stereocenters. The maximum absolute atomic E-state index is 12.2. The Balaban J connectivity index is 1.47. The molecule has 1 heterocycles. The monoisotopic (exact) mass is 429 g/mol. The van der Waals surface area contributed by atoms with Crippen LogP contribution < -0.4 is 10.7 Å². The van der Waals surface area contributed by atoms with Crippen LogP contribution in [0, 0.1) is 12.8 Å². The minimum atomic E-state index is -0.768. The van der Waals surface area contributed by atoms with Crippen LogP contribution in [0.25, 0.3) is 0 Å². The Morgan fingerprint density at radius 3 is 2.43 bits per heavy atom. The molecule has 156 valence electrons. The Labute approximate surface area is 178 Å². The molecule has 1 saturated heterocycles. The van der Waals surface area contributed by atoms with Crippen LogP contribution in [0.3, 0.4) is 0 Å². The number of hydrazine groups is 1. The first-order valence-corrected chi connectivity index (χ1v) is 9.59. The number of aryl methyl sites for hydroxylation is 1. The molecule has 8 nitrogen and oxygen atoms in total. The number of benzene rings is 2. The Morgan fingerprint density at radius 1 is 1.10 bits per heavy atom. The summed E-state index contributed by atoms with van der Waals surface area (Å²) in [5.41, 5.74) is 4.44. The van der Waals surface area contributed by atoms with Gasteiger partial charge in [0.05, 0.1) is 12.5 Å². The van der Waals surface area contributed by atoms with E-state index in [1.807, 2.05) is 19.1 Å². The van der Waals surface area contributed by atoms with Crippen molar-refractivity contribution in [1.82, 2.24) is 10.4 Å². The van der Waals surface area contributed by atoms with Gasteiger partial charge in [-0.2, -0.15) is 0 Å². The smallest absolute Gasteiger partial charge is 0.311 e. The summed E-state index contributed by atoms with van der Waals surface area (Å²) >= 11 is 5.79. The second-order valence-electron chi connectivity index (χ2n) is 6.88. The molecule has 1 aliphatic rings. The lowest BCUT2D eigenvalue weighted by molar-refractivity contribution is -0.151. The maximum atomic E-state index is 12.2. The molecule has 3 amide bonds. The second-order valence-corrected chi connectivity index (χ2v) is 7.31. The molecule has 0 bridgehead atoms. The third kappa shape index (κ3) is 5.57. The number of hydrogen-bond donors (Lipinski definition) is 2. The van der Waals surface area contributed by atoms with Crippen LogP contribution in [-0.4, -0.2) is 41.9 Å². The number of carbonyl (C=O) groups is 4.